The average Bonchev–Trinajstić information content (AvgIpc) is 3.38. The van der Waals surface area contributed by atoms with Crippen molar-refractivity contribution in [2.45, 2.75) is 32.7 Å². The van der Waals surface area contributed by atoms with Crippen LogP contribution in [0.3, 0.4) is 0 Å². The molecule has 0 amide bonds. The smallest absolute Gasteiger partial charge is 0.162 e. The predicted molar refractivity (Wildman–Crippen MR) is 127 cm³/mol. The fourth-order valence-corrected chi connectivity index (χ4v) is 4.85. The maximum absolute atomic E-state index is 16.4. The number of H-pyrrole nitrogens is 1. The second-order valence-electron chi connectivity index (χ2n) is 9.35. The largest absolute Gasteiger partial charge is 0.371 e. The molecule has 0 fully saturated rings. The number of aryl methyl sites for hydroxylation is 1. The molecule has 6 nitrogen and oxygen atoms in total. The first-order valence-corrected chi connectivity index (χ1v) is 11.2. The molecule has 2 aromatic carbocycles. The number of pyridine rings is 1. The Morgan fingerprint density at radius 2 is 1.91 bits per heavy atom. The van der Waals surface area contributed by atoms with Crippen molar-refractivity contribution in [1.82, 2.24) is 24.7 Å². The second-order valence-corrected chi connectivity index (χ2v) is 9.35. The summed E-state index contributed by atoms with van der Waals surface area (Å²) in [5, 5.41) is 12.4. The lowest BCUT2D eigenvalue weighted by molar-refractivity contribution is 0.516. The predicted octanol–water partition coefficient (Wildman–Crippen LogP) is 5.79. The van der Waals surface area contributed by atoms with Crippen molar-refractivity contribution in [3.05, 3.63) is 89.1 Å². The number of aromatic amines is 1. The van der Waals surface area contributed by atoms with Crippen molar-refractivity contribution >= 4 is 16.6 Å². The van der Waals surface area contributed by atoms with Gasteiger partial charge in [0.2, 0.25) is 0 Å². The van der Waals surface area contributed by atoms with Crippen LogP contribution < -0.4 is 5.32 Å². The summed E-state index contributed by atoms with van der Waals surface area (Å²) in [6.07, 6.45) is 5.42. The molecule has 0 saturated carbocycles. The van der Waals surface area contributed by atoms with Crippen LogP contribution in [-0.2, 0) is 12.0 Å². The number of rotatable bonds is 3. The number of anilines is 1. The molecule has 0 radical (unpaired) electrons. The van der Waals surface area contributed by atoms with Gasteiger partial charge in [-0.25, -0.2) is 13.2 Å². The standard InChI is InChI=1S/C26H21F3N6/c1-13-11-31-23-16(13)8-15(27)9-17(23)21-18(28)10-19-24(22(21)29)35-20(7-14-5-4-6-30-12-14)33-34-25(35)26(2,3)32-19/h4-6,8-12,31-32H,7H2,1-3H3. The highest BCUT2D eigenvalue weighted by atomic mass is 19.1. The minimum Gasteiger partial charge on any atom is -0.371 e. The summed E-state index contributed by atoms with van der Waals surface area (Å²) in [4.78, 5) is 7.17. The monoisotopic (exact) mass is 474 g/mol. The Bertz CT molecular complexity index is 1620. The van der Waals surface area contributed by atoms with Crippen LogP contribution in [0.1, 0.15) is 36.6 Å². The first kappa shape index (κ1) is 21.4. The maximum atomic E-state index is 16.4. The van der Waals surface area contributed by atoms with E-state index < -0.39 is 23.0 Å². The van der Waals surface area contributed by atoms with Gasteiger partial charge in [-0.1, -0.05) is 6.07 Å². The van der Waals surface area contributed by atoms with Crippen LogP contribution in [-0.4, -0.2) is 24.7 Å². The number of benzene rings is 2. The number of halogens is 3. The van der Waals surface area contributed by atoms with E-state index in [1.165, 1.54) is 12.1 Å². The van der Waals surface area contributed by atoms with Gasteiger partial charge in [0.15, 0.2) is 11.6 Å². The Morgan fingerprint density at radius 1 is 1.09 bits per heavy atom. The average molecular weight is 474 g/mol. The van der Waals surface area contributed by atoms with Crippen molar-refractivity contribution < 1.29 is 13.2 Å². The lowest BCUT2D eigenvalue weighted by Gasteiger charge is -2.34. The molecule has 6 rings (SSSR count). The molecule has 176 valence electrons. The third-order valence-electron chi connectivity index (χ3n) is 6.47. The number of fused-ring (bicyclic) bond motifs is 4. The van der Waals surface area contributed by atoms with Gasteiger partial charge in [-0.15, -0.1) is 10.2 Å². The quantitative estimate of drug-likeness (QED) is 0.347. The summed E-state index contributed by atoms with van der Waals surface area (Å²) in [5.74, 6) is -1.22. The Kier molecular flexibility index (Phi) is 4.54. The Morgan fingerprint density at radius 3 is 2.69 bits per heavy atom. The molecule has 0 unspecified atom stereocenters. The van der Waals surface area contributed by atoms with E-state index in [1.807, 2.05) is 32.9 Å². The van der Waals surface area contributed by atoms with Crippen LogP contribution in [0.4, 0.5) is 18.9 Å². The summed E-state index contributed by atoms with van der Waals surface area (Å²) in [6, 6.07) is 7.46. The van der Waals surface area contributed by atoms with Crippen molar-refractivity contribution in [3.63, 3.8) is 0 Å². The van der Waals surface area contributed by atoms with Crippen LogP contribution in [0.2, 0.25) is 0 Å². The molecule has 0 bridgehead atoms. The molecule has 3 aromatic heterocycles. The number of hydrogen-bond acceptors (Lipinski definition) is 4. The Balaban J connectivity index is 1.63. The number of hydrogen-bond donors (Lipinski definition) is 2. The Labute approximate surface area is 198 Å². The van der Waals surface area contributed by atoms with Gasteiger partial charge in [-0.3, -0.25) is 9.55 Å². The van der Waals surface area contributed by atoms with Crippen molar-refractivity contribution in [1.29, 1.82) is 0 Å². The zero-order valence-corrected chi connectivity index (χ0v) is 19.2. The molecule has 0 saturated heterocycles. The highest BCUT2D eigenvalue weighted by molar-refractivity contribution is 5.97. The van der Waals surface area contributed by atoms with Gasteiger partial charge in [0.05, 0.1) is 22.3 Å². The zero-order chi connectivity index (χ0) is 24.5. The van der Waals surface area contributed by atoms with E-state index >= 15 is 8.78 Å². The SMILES string of the molecule is Cc1c[nH]c2c(-c3c(F)cc4c(c3F)-n3c(Cc5cccnc5)nnc3C(C)(C)N4)cc(F)cc12. The van der Waals surface area contributed by atoms with Crippen LogP contribution in [0.25, 0.3) is 27.7 Å². The van der Waals surface area contributed by atoms with Crippen LogP contribution in [0.15, 0.2) is 48.9 Å². The lowest BCUT2D eigenvalue weighted by atomic mass is 9.95. The second kappa shape index (κ2) is 7.43. The van der Waals surface area contributed by atoms with E-state index in [0.717, 1.165) is 17.2 Å². The van der Waals surface area contributed by atoms with Crippen molar-refractivity contribution in [2.75, 3.05) is 5.32 Å². The fraction of sp³-hybridized carbons (Fsp3) is 0.192. The van der Waals surface area contributed by atoms with E-state index in [2.05, 4.69) is 25.5 Å². The number of nitrogens with one attached hydrogen (secondary N) is 2. The maximum Gasteiger partial charge on any atom is 0.162 e. The molecule has 4 heterocycles. The fourth-order valence-electron chi connectivity index (χ4n) is 4.85. The molecular formula is C26H21F3N6. The molecule has 1 aliphatic rings. The zero-order valence-electron chi connectivity index (χ0n) is 19.2. The molecule has 0 aliphatic carbocycles. The van der Waals surface area contributed by atoms with Crippen molar-refractivity contribution in [2.24, 2.45) is 0 Å². The topological polar surface area (TPSA) is 71.4 Å². The number of nitrogens with zero attached hydrogens (tertiary/aromatic N) is 4. The molecule has 0 spiro atoms. The summed E-state index contributed by atoms with van der Waals surface area (Å²) in [7, 11) is 0. The molecule has 2 N–H and O–H groups in total. The van der Waals surface area contributed by atoms with Crippen LogP contribution in [0.5, 0.6) is 0 Å². The summed E-state index contributed by atoms with van der Waals surface area (Å²) in [5.41, 5.74) is 1.54. The van der Waals surface area contributed by atoms with E-state index in [1.54, 1.807) is 23.2 Å². The minimum absolute atomic E-state index is 0.0975. The molecule has 1 aliphatic heterocycles. The van der Waals surface area contributed by atoms with E-state index in [-0.39, 0.29) is 22.5 Å². The Hall–Kier alpha value is -4.14. The normalized spacial score (nSPS) is 14.0. The number of aromatic nitrogens is 5. The van der Waals surface area contributed by atoms with Gasteiger partial charge in [0.25, 0.3) is 0 Å². The van der Waals surface area contributed by atoms with Gasteiger partial charge in [-0.2, -0.15) is 0 Å². The highest BCUT2D eigenvalue weighted by Crippen LogP contribution is 2.44. The third kappa shape index (κ3) is 3.22. The third-order valence-corrected chi connectivity index (χ3v) is 6.47. The van der Waals surface area contributed by atoms with Gasteiger partial charge in [-0.05, 0) is 50.1 Å². The van der Waals surface area contributed by atoms with E-state index in [4.69, 9.17) is 0 Å². The summed E-state index contributed by atoms with van der Waals surface area (Å²) < 4.78 is 48.1. The first-order valence-electron chi connectivity index (χ1n) is 11.2. The summed E-state index contributed by atoms with van der Waals surface area (Å²) in [6.45, 7) is 5.54. The van der Waals surface area contributed by atoms with Gasteiger partial charge >= 0.3 is 0 Å². The lowest BCUT2D eigenvalue weighted by Crippen LogP contribution is -2.36. The minimum atomic E-state index is -0.823. The van der Waals surface area contributed by atoms with E-state index in [0.29, 0.717) is 29.0 Å². The van der Waals surface area contributed by atoms with E-state index in [9.17, 15) is 4.39 Å². The molecular weight excluding hydrogens is 453 g/mol. The van der Waals surface area contributed by atoms with Gasteiger partial charge in [0.1, 0.15) is 23.1 Å². The van der Waals surface area contributed by atoms with Gasteiger partial charge in [0, 0.05) is 42.0 Å². The molecule has 0 atom stereocenters. The van der Waals surface area contributed by atoms with Crippen LogP contribution in [0, 0.1) is 24.4 Å². The molecule has 5 aromatic rings. The highest BCUT2D eigenvalue weighted by Gasteiger charge is 2.38. The molecule has 35 heavy (non-hydrogen) atoms. The molecule has 9 heteroatoms. The summed E-state index contributed by atoms with van der Waals surface area (Å²) >= 11 is 0. The first-order chi connectivity index (χ1) is 16.7. The van der Waals surface area contributed by atoms with Gasteiger partial charge < -0.3 is 10.3 Å². The van der Waals surface area contributed by atoms with Crippen LogP contribution >= 0.6 is 0 Å². The van der Waals surface area contributed by atoms with Crippen molar-refractivity contribution in [3.8, 4) is 16.8 Å².